The van der Waals surface area contributed by atoms with Gasteiger partial charge < -0.3 is 14.3 Å². The summed E-state index contributed by atoms with van der Waals surface area (Å²) in [6.45, 7) is 1.63. The van der Waals surface area contributed by atoms with Crippen LogP contribution in [0.3, 0.4) is 0 Å². The van der Waals surface area contributed by atoms with E-state index in [9.17, 15) is 22.8 Å². The van der Waals surface area contributed by atoms with Crippen LogP contribution in [0.4, 0.5) is 18.0 Å². The minimum absolute atomic E-state index is 0.0266. The van der Waals surface area contributed by atoms with Crippen molar-refractivity contribution in [1.29, 1.82) is 0 Å². The van der Waals surface area contributed by atoms with Gasteiger partial charge in [0.05, 0.1) is 11.3 Å². The van der Waals surface area contributed by atoms with E-state index in [0.717, 1.165) is 17.7 Å². The van der Waals surface area contributed by atoms with Crippen molar-refractivity contribution in [3.8, 4) is 5.75 Å². The van der Waals surface area contributed by atoms with E-state index in [2.05, 4.69) is 5.16 Å². The first-order chi connectivity index (χ1) is 14.2. The predicted molar refractivity (Wildman–Crippen MR) is 98.8 cm³/mol. The zero-order valence-electron chi connectivity index (χ0n) is 15.7. The van der Waals surface area contributed by atoms with Gasteiger partial charge in [-0.25, -0.2) is 4.79 Å². The van der Waals surface area contributed by atoms with Gasteiger partial charge in [-0.3, -0.25) is 10.1 Å². The topological polar surface area (TPSA) is 86.2 Å². The highest BCUT2D eigenvalue weighted by Crippen LogP contribution is 2.29. The SMILES string of the molecule is C/C(=N\OCc1ccc(C(F)(F)F)cc1)c1ccc(OCC2OC(=O)NC2=O)cc1. The molecule has 2 aromatic carbocycles. The van der Waals surface area contributed by atoms with Crippen LogP contribution >= 0.6 is 0 Å². The van der Waals surface area contributed by atoms with Gasteiger partial charge >= 0.3 is 12.3 Å². The normalized spacial score (nSPS) is 16.8. The number of amides is 2. The molecule has 1 fully saturated rings. The van der Waals surface area contributed by atoms with Crippen molar-refractivity contribution in [3.63, 3.8) is 0 Å². The number of alkyl halides is 3. The average molecular weight is 422 g/mol. The van der Waals surface area contributed by atoms with Crippen LogP contribution < -0.4 is 10.1 Å². The molecule has 1 N–H and O–H groups in total. The van der Waals surface area contributed by atoms with Crippen molar-refractivity contribution in [2.45, 2.75) is 25.8 Å². The maximum absolute atomic E-state index is 12.6. The maximum Gasteiger partial charge on any atom is 0.416 e. The summed E-state index contributed by atoms with van der Waals surface area (Å²) in [7, 11) is 0. The number of carbonyl (C=O) groups excluding carboxylic acids is 2. The molecule has 1 atom stereocenters. The quantitative estimate of drug-likeness (QED) is 0.544. The second kappa shape index (κ2) is 8.85. The van der Waals surface area contributed by atoms with Crippen LogP contribution in [0.5, 0.6) is 5.75 Å². The van der Waals surface area contributed by atoms with Crippen LogP contribution in [-0.4, -0.2) is 30.4 Å². The first-order valence-corrected chi connectivity index (χ1v) is 8.80. The van der Waals surface area contributed by atoms with Crippen molar-refractivity contribution in [2.24, 2.45) is 5.16 Å². The highest BCUT2D eigenvalue weighted by atomic mass is 19.4. The summed E-state index contributed by atoms with van der Waals surface area (Å²) < 4.78 is 47.8. The summed E-state index contributed by atoms with van der Waals surface area (Å²) in [5.74, 6) is -0.0854. The third-order valence-corrected chi connectivity index (χ3v) is 4.15. The minimum atomic E-state index is -4.38. The lowest BCUT2D eigenvalue weighted by Gasteiger charge is -2.10. The van der Waals surface area contributed by atoms with Crippen molar-refractivity contribution in [2.75, 3.05) is 6.61 Å². The number of oxime groups is 1. The molecule has 0 radical (unpaired) electrons. The molecule has 0 bridgehead atoms. The number of ether oxygens (including phenoxy) is 2. The number of hydrogen-bond acceptors (Lipinski definition) is 6. The Kier molecular flexibility index (Phi) is 6.24. The van der Waals surface area contributed by atoms with Crippen molar-refractivity contribution in [1.82, 2.24) is 5.32 Å². The summed E-state index contributed by atoms with van der Waals surface area (Å²) in [5.41, 5.74) is 1.12. The molecule has 0 aliphatic carbocycles. The number of cyclic esters (lactones) is 1. The molecular formula is C20H17F3N2O5. The van der Waals surface area contributed by atoms with Crippen LogP contribution in [0.1, 0.15) is 23.6 Å². The molecule has 7 nitrogen and oxygen atoms in total. The van der Waals surface area contributed by atoms with Crippen LogP contribution in [0, 0.1) is 0 Å². The fraction of sp³-hybridized carbons (Fsp3) is 0.250. The molecule has 3 rings (SSSR count). The number of nitrogens with one attached hydrogen (secondary N) is 1. The first kappa shape index (κ1) is 21.2. The number of halogens is 3. The van der Waals surface area contributed by atoms with Crippen molar-refractivity contribution >= 4 is 17.7 Å². The van der Waals surface area contributed by atoms with Crippen molar-refractivity contribution < 1.29 is 37.1 Å². The zero-order chi connectivity index (χ0) is 21.7. The van der Waals surface area contributed by atoms with E-state index in [0.29, 0.717) is 17.0 Å². The smallest absolute Gasteiger partial charge is 0.416 e. The molecule has 0 saturated carbocycles. The highest BCUT2D eigenvalue weighted by molar-refractivity contribution is 6.00. The molecular weight excluding hydrogens is 405 g/mol. The number of hydrogen-bond donors (Lipinski definition) is 1. The zero-order valence-corrected chi connectivity index (χ0v) is 15.7. The Balaban J connectivity index is 1.50. The number of carbonyl (C=O) groups is 2. The summed E-state index contributed by atoms with van der Waals surface area (Å²) in [6, 6.07) is 11.4. The minimum Gasteiger partial charge on any atom is -0.489 e. The Bertz CT molecular complexity index is 940. The number of benzene rings is 2. The Labute approximate surface area is 169 Å². The van der Waals surface area contributed by atoms with E-state index >= 15 is 0 Å². The molecule has 158 valence electrons. The molecule has 0 aromatic heterocycles. The molecule has 0 spiro atoms. The second-order valence-corrected chi connectivity index (χ2v) is 6.36. The van der Waals surface area contributed by atoms with Crippen LogP contribution in [0.2, 0.25) is 0 Å². The summed E-state index contributed by atoms with van der Waals surface area (Å²) in [5, 5.41) is 5.97. The monoisotopic (exact) mass is 422 g/mol. The lowest BCUT2D eigenvalue weighted by Crippen LogP contribution is -2.29. The fourth-order valence-corrected chi connectivity index (χ4v) is 2.51. The van der Waals surface area contributed by atoms with Gasteiger partial charge in [-0.1, -0.05) is 17.3 Å². The Hall–Kier alpha value is -3.56. The van der Waals surface area contributed by atoms with Gasteiger partial charge in [-0.2, -0.15) is 13.2 Å². The van der Waals surface area contributed by atoms with E-state index < -0.39 is 29.8 Å². The predicted octanol–water partition coefficient (Wildman–Crippen LogP) is 3.66. The highest BCUT2D eigenvalue weighted by Gasteiger charge is 2.32. The van der Waals surface area contributed by atoms with Crippen LogP contribution in [-0.2, 0) is 27.2 Å². The number of imide groups is 1. The lowest BCUT2D eigenvalue weighted by molar-refractivity contribution is -0.137. The summed E-state index contributed by atoms with van der Waals surface area (Å²) >= 11 is 0. The van der Waals surface area contributed by atoms with E-state index in [1.165, 1.54) is 12.1 Å². The molecule has 30 heavy (non-hydrogen) atoms. The van der Waals surface area contributed by atoms with Gasteiger partial charge in [0.15, 0.2) is 0 Å². The van der Waals surface area contributed by atoms with Crippen LogP contribution in [0.25, 0.3) is 0 Å². The number of rotatable bonds is 7. The van der Waals surface area contributed by atoms with Crippen molar-refractivity contribution in [3.05, 3.63) is 65.2 Å². The molecule has 1 aliphatic heterocycles. The van der Waals surface area contributed by atoms with E-state index in [1.54, 1.807) is 31.2 Å². The van der Waals surface area contributed by atoms with Gasteiger partial charge in [-0.15, -0.1) is 0 Å². The maximum atomic E-state index is 12.6. The lowest BCUT2D eigenvalue weighted by atomic mass is 10.1. The third-order valence-electron chi connectivity index (χ3n) is 4.15. The number of alkyl carbamates (subject to hydrolysis) is 1. The van der Waals surface area contributed by atoms with Crippen LogP contribution in [0.15, 0.2) is 53.7 Å². The third kappa shape index (κ3) is 5.49. The Morgan fingerprint density at radius 2 is 1.77 bits per heavy atom. The molecule has 1 heterocycles. The van der Waals surface area contributed by atoms with Gasteiger partial charge in [0.25, 0.3) is 5.91 Å². The molecule has 10 heteroatoms. The average Bonchev–Trinajstić information content (AvgIpc) is 3.03. The molecule has 1 aliphatic rings. The molecule has 2 amide bonds. The van der Waals surface area contributed by atoms with E-state index in [-0.39, 0.29) is 13.2 Å². The second-order valence-electron chi connectivity index (χ2n) is 6.36. The summed E-state index contributed by atoms with van der Waals surface area (Å²) in [6.07, 6.45) is -6.16. The number of nitrogens with zero attached hydrogens (tertiary/aromatic N) is 1. The summed E-state index contributed by atoms with van der Waals surface area (Å²) in [4.78, 5) is 27.6. The van der Waals surface area contributed by atoms with Gasteiger partial charge in [0, 0.05) is 0 Å². The fourth-order valence-electron chi connectivity index (χ4n) is 2.51. The Morgan fingerprint density at radius 3 is 2.33 bits per heavy atom. The largest absolute Gasteiger partial charge is 0.489 e. The van der Waals surface area contributed by atoms with E-state index in [1.807, 2.05) is 5.32 Å². The van der Waals surface area contributed by atoms with Gasteiger partial charge in [0.1, 0.15) is 19.0 Å². The molecule has 1 unspecified atom stereocenters. The molecule has 2 aromatic rings. The molecule has 1 saturated heterocycles. The Morgan fingerprint density at radius 1 is 1.10 bits per heavy atom. The van der Waals surface area contributed by atoms with Gasteiger partial charge in [0.2, 0.25) is 6.10 Å². The van der Waals surface area contributed by atoms with E-state index in [4.69, 9.17) is 14.3 Å². The standard InChI is InChI=1S/C20H17F3N2O5/c1-12(25-29-10-13-2-6-15(7-3-13)20(21,22)23)14-4-8-16(9-5-14)28-11-17-18(26)24-19(27)30-17/h2-9,17H,10-11H2,1H3,(H,24,26,27)/b25-12+. The van der Waals surface area contributed by atoms with Gasteiger partial charge in [-0.05, 0) is 54.4 Å². The first-order valence-electron chi connectivity index (χ1n) is 8.80.